The van der Waals surface area contributed by atoms with Gasteiger partial charge in [-0.25, -0.2) is 0 Å². The average molecular weight is 341 g/mol. The van der Waals surface area contributed by atoms with E-state index in [0.29, 0.717) is 12.6 Å². The van der Waals surface area contributed by atoms with E-state index in [1.54, 1.807) is 7.11 Å². The van der Waals surface area contributed by atoms with Crippen LogP contribution in [0.4, 0.5) is 0 Å². The van der Waals surface area contributed by atoms with Crippen LogP contribution in [0.1, 0.15) is 32.6 Å². The van der Waals surface area contributed by atoms with Crippen LogP contribution in [0.5, 0.6) is 0 Å². The quantitative estimate of drug-likeness (QED) is 0.347. The van der Waals surface area contributed by atoms with Gasteiger partial charge in [0.1, 0.15) is 0 Å². The Labute approximate surface area is 116 Å². The molecule has 2 N–H and O–H groups in total. The highest BCUT2D eigenvalue weighted by molar-refractivity contribution is 14.0. The number of rotatable bonds is 5. The minimum atomic E-state index is 0. The summed E-state index contributed by atoms with van der Waals surface area (Å²) >= 11 is 0. The molecule has 0 amide bonds. The predicted molar refractivity (Wildman–Crippen MR) is 78.7 cm³/mol. The zero-order valence-corrected chi connectivity index (χ0v) is 12.6. The lowest BCUT2D eigenvalue weighted by molar-refractivity contribution is 0.208. The Bertz CT molecular complexity index is 194. The molecule has 1 saturated carbocycles. The summed E-state index contributed by atoms with van der Waals surface area (Å²) in [7, 11) is 1.70. The van der Waals surface area contributed by atoms with Gasteiger partial charge in [-0.2, -0.15) is 0 Å². The Hall–Kier alpha value is -0.0400. The van der Waals surface area contributed by atoms with Gasteiger partial charge in [0.25, 0.3) is 0 Å². The minimum Gasteiger partial charge on any atom is -0.383 e. The van der Waals surface area contributed by atoms with Crippen molar-refractivity contribution in [3.63, 3.8) is 0 Å². The first-order valence-corrected chi connectivity index (χ1v) is 5.90. The van der Waals surface area contributed by atoms with E-state index in [0.717, 1.165) is 19.0 Å². The number of nitrogens with zero attached hydrogens (tertiary/aromatic N) is 1. The Kier molecular flexibility index (Phi) is 10.1. The normalized spacial score (nSPS) is 17.0. The lowest BCUT2D eigenvalue weighted by Gasteiger charge is -2.16. The summed E-state index contributed by atoms with van der Waals surface area (Å²) in [6.45, 7) is 4.40. The molecule has 1 aliphatic rings. The molecule has 0 aliphatic heterocycles. The van der Waals surface area contributed by atoms with Gasteiger partial charge in [-0.05, 0) is 19.8 Å². The van der Waals surface area contributed by atoms with Crippen molar-refractivity contribution < 1.29 is 4.74 Å². The molecule has 96 valence electrons. The summed E-state index contributed by atoms with van der Waals surface area (Å²) < 4.78 is 4.98. The third-order valence-corrected chi connectivity index (χ3v) is 2.61. The van der Waals surface area contributed by atoms with Gasteiger partial charge in [0.05, 0.1) is 13.2 Å². The summed E-state index contributed by atoms with van der Waals surface area (Å²) in [4.78, 5) is 4.44. The van der Waals surface area contributed by atoms with Gasteiger partial charge in [-0.1, -0.05) is 12.8 Å². The maximum atomic E-state index is 4.98. The highest BCUT2D eigenvalue weighted by atomic mass is 127. The Morgan fingerprint density at radius 1 is 1.38 bits per heavy atom. The number of methoxy groups -OCH3 is 1. The number of aliphatic imine (C=N–C) groups is 1. The molecule has 16 heavy (non-hydrogen) atoms. The largest absolute Gasteiger partial charge is 0.383 e. The van der Waals surface area contributed by atoms with E-state index in [9.17, 15) is 0 Å². The molecule has 0 unspecified atom stereocenters. The minimum absolute atomic E-state index is 0. The topological polar surface area (TPSA) is 45.7 Å². The molecule has 1 aliphatic carbocycles. The van der Waals surface area contributed by atoms with Crippen molar-refractivity contribution in [2.45, 2.75) is 38.6 Å². The maximum absolute atomic E-state index is 4.98. The lowest BCUT2D eigenvalue weighted by atomic mass is 10.2. The number of guanidine groups is 1. The fourth-order valence-corrected chi connectivity index (χ4v) is 1.83. The first-order chi connectivity index (χ1) is 7.36. The maximum Gasteiger partial charge on any atom is 0.191 e. The van der Waals surface area contributed by atoms with Gasteiger partial charge in [-0.3, -0.25) is 4.99 Å². The second-order valence-electron chi connectivity index (χ2n) is 3.88. The highest BCUT2D eigenvalue weighted by Gasteiger charge is 2.15. The standard InChI is InChI=1S/C11H23N3O.HI/c1-3-12-11(13-8-9-15-2)14-10-6-4-5-7-10;/h10H,3-9H2,1-2H3,(H2,12,13,14);1H. The molecule has 0 aromatic carbocycles. The van der Waals surface area contributed by atoms with Crippen LogP contribution in [-0.2, 0) is 4.74 Å². The van der Waals surface area contributed by atoms with Gasteiger partial charge in [0.2, 0.25) is 0 Å². The molecule has 0 heterocycles. The monoisotopic (exact) mass is 341 g/mol. The Balaban J connectivity index is 0.00000225. The zero-order chi connectivity index (χ0) is 10.9. The smallest absolute Gasteiger partial charge is 0.191 e. The predicted octanol–water partition coefficient (Wildman–Crippen LogP) is 1.75. The second kappa shape index (κ2) is 10.1. The van der Waals surface area contributed by atoms with Crippen molar-refractivity contribution in [1.82, 2.24) is 10.6 Å². The molecule has 0 bridgehead atoms. The van der Waals surface area contributed by atoms with Gasteiger partial charge in [0.15, 0.2) is 5.96 Å². The van der Waals surface area contributed by atoms with Crippen LogP contribution in [0.3, 0.4) is 0 Å². The molecule has 0 radical (unpaired) electrons. The van der Waals surface area contributed by atoms with E-state index in [4.69, 9.17) is 4.74 Å². The van der Waals surface area contributed by atoms with Crippen LogP contribution in [0.15, 0.2) is 4.99 Å². The number of ether oxygens (including phenoxy) is 1. The number of nitrogens with one attached hydrogen (secondary N) is 2. The van der Waals surface area contributed by atoms with Crippen LogP contribution >= 0.6 is 24.0 Å². The van der Waals surface area contributed by atoms with Gasteiger partial charge in [0, 0.05) is 19.7 Å². The molecular formula is C11H24IN3O. The van der Waals surface area contributed by atoms with Crippen LogP contribution in [0, 0.1) is 0 Å². The fourth-order valence-electron chi connectivity index (χ4n) is 1.83. The van der Waals surface area contributed by atoms with E-state index in [1.807, 2.05) is 0 Å². The van der Waals surface area contributed by atoms with Gasteiger partial charge >= 0.3 is 0 Å². The number of halogens is 1. The van der Waals surface area contributed by atoms with Crippen LogP contribution < -0.4 is 10.6 Å². The van der Waals surface area contributed by atoms with Crippen molar-refractivity contribution in [3.8, 4) is 0 Å². The highest BCUT2D eigenvalue weighted by Crippen LogP contribution is 2.17. The Morgan fingerprint density at radius 3 is 2.62 bits per heavy atom. The first kappa shape index (κ1) is 16.0. The van der Waals surface area contributed by atoms with E-state index < -0.39 is 0 Å². The zero-order valence-electron chi connectivity index (χ0n) is 10.3. The van der Waals surface area contributed by atoms with Crippen LogP contribution in [-0.4, -0.2) is 38.8 Å². The summed E-state index contributed by atoms with van der Waals surface area (Å²) in [5.41, 5.74) is 0. The lowest BCUT2D eigenvalue weighted by Crippen LogP contribution is -2.42. The third-order valence-electron chi connectivity index (χ3n) is 2.61. The first-order valence-electron chi connectivity index (χ1n) is 5.90. The molecule has 0 aromatic rings. The molecule has 4 nitrogen and oxygen atoms in total. The molecule has 0 spiro atoms. The Morgan fingerprint density at radius 2 is 2.06 bits per heavy atom. The summed E-state index contributed by atoms with van der Waals surface area (Å²) in [5, 5.41) is 6.71. The van der Waals surface area contributed by atoms with E-state index in [2.05, 4.69) is 22.5 Å². The summed E-state index contributed by atoms with van der Waals surface area (Å²) in [6, 6.07) is 0.616. The molecule has 1 rings (SSSR count). The molecular weight excluding hydrogens is 317 g/mol. The van der Waals surface area contributed by atoms with Crippen molar-refractivity contribution in [1.29, 1.82) is 0 Å². The summed E-state index contributed by atoms with van der Waals surface area (Å²) in [6.07, 6.45) is 5.23. The SMILES string of the molecule is CCNC(=NCCOC)NC1CCCC1.I. The molecule has 0 aromatic heterocycles. The van der Waals surface area contributed by atoms with E-state index >= 15 is 0 Å². The second-order valence-corrected chi connectivity index (χ2v) is 3.88. The average Bonchev–Trinajstić information content (AvgIpc) is 2.71. The fraction of sp³-hybridized carbons (Fsp3) is 0.909. The number of hydrogen-bond donors (Lipinski definition) is 2. The van der Waals surface area contributed by atoms with Crippen molar-refractivity contribution in [3.05, 3.63) is 0 Å². The molecule has 5 heteroatoms. The number of hydrogen-bond acceptors (Lipinski definition) is 2. The molecule has 1 fully saturated rings. The summed E-state index contributed by atoms with van der Waals surface area (Å²) in [5.74, 6) is 0.932. The van der Waals surface area contributed by atoms with Gasteiger partial charge in [-0.15, -0.1) is 24.0 Å². The van der Waals surface area contributed by atoms with Crippen molar-refractivity contribution >= 4 is 29.9 Å². The van der Waals surface area contributed by atoms with Crippen LogP contribution in [0.25, 0.3) is 0 Å². The third kappa shape index (κ3) is 6.52. The van der Waals surface area contributed by atoms with Crippen LogP contribution in [0.2, 0.25) is 0 Å². The van der Waals surface area contributed by atoms with Crippen molar-refractivity contribution in [2.24, 2.45) is 4.99 Å². The van der Waals surface area contributed by atoms with Gasteiger partial charge < -0.3 is 15.4 Å². The van der Waals surface area contributed by atoms with E-state index in [1.165, 1.54) is 25.7 Å². The van der Waals surface area contributed by atoms with Crippen molar-refractivity contribution in [2.75, 3.05) is 26.8 Å². The van der Waals surface area contributed by atoms with E-state index in [-0.39, 0.29) is 24.0 Å². The molecule has 0 saturated heterocycles. The molecule has 0 atom stereocenters.